The number of likely N-dealkylation sites (tertiary alicyclic amines) is 2. The van der Waals surface area contributed by atoms with Crippen LogP contribution in [0.5, 0.6) is 0 Å². The number of hydrogen-bond acceptors (Lipinski definition) is 5. The normalized spacial score (nSPS) is 21.9. The maximum atomic E-state index is 13.3. The summed E-state index contributed by atoms with van der Waals surface area (Å²) in [5.74, 6) is 0.640. The second-order valence-corrected chi connectivity index (χ2v) is 9.45. The fourth-order valence-corrected chi connectivity index (χ4v) is 5.56. The number of aromatic nitrogens is 2. The van der Waals surface area contributed by atoms with Crippen LogP contribution in [0.2, 0.25) is 0 Å². The maximum absolute atomic E-state index is 13.3. The Morgan fingerprint density at radius 3 is 2.34 bits per heavy atom. The van der Waals surface area contributed by atoms with Gasteiger partial charge in [-0.25, -0.2) is 0 Å². The van der Waals surface area contributed by atoms with Gasteiger partial charge in [-0.3, -0.25) is 14.5 Å². The zero-order chi connectivity index (χ0) is 22.0. The topological polar surface area (TPSA) is 69.6 Å². The fraction of sp³-hybridized carbons (Fsp3) is 0.520. The number of rotatable bonds is 4. The summed E-state index contributed by atoms with van der Waals surface area (Å²) in [5, 5.41) is 7.78. The van der Waals surface area contributed by atoms with Crippen molar-refractivity contribution in [2.24, 2.45) is 11.3 Å². The van der Waals surface area contributed by atoms with Crippen LogP contribution in [-0.2, 0) is 16.1 Å². The first-order valence-electron chi connectivity index (χ1n) is 11.8. The molecular weight excluding hydrogens is 402 g/mol. The van der Waals surface area contributed by atoms with Crippen molar-refractivity contribution in [1.82, 2.24) is 20.0 Å². The van der Waals surface area contributed by atoms with Crippen molar-refractivity contribution in [3.63, 3.8) is 0 Å². The first-order chi connectivity index (χ1) is 15.6. The van der Waals surface area contributed by atoms with Gasteiger partial charge in [-0.15, -0.1) is 0 Å². The molecule has 1 aromatic heterocycles. The zero-order valence-electron chi connectivity index (χ0n) is 18.5. The van der Waals surface area contributed by atoms with Crippen LogP contribution in [0.3, 0.4) is 0 Å². The lowest BCUT2D eigenvalue weighted by molar-refractivity contribution is -0.142. The summed E-state index contributed by atoms with van der Waals surface area (Å²) in [6.45, 7) is 4.92. The summed E-state index contributed by atoms with van der Waals surface area (Å²) in [6.07, 6.45) is 7.81. The Hall–Kier alpha value is -2.80. The molecule has 3 fully saturated rings. The lowest BCUT2D eigenvalue weighted by atomic mass is 9.76. The van der Waals surface area contributed by atoms with Gasteiger partial charge in [0.25, 0.3) is 0 Å². The van der Waals surface area contributed by atoms with E-state index in [1.165, 1.54) is 0 Å². The second-order valence-electron chi connectivity index (χ2n) is 9.45. The summed E-state index contributed by atoms with van der Waals surface area (Å²) in [4.78, 5) is 32.8. The standard InChI is InChI=1S/C25H31N5O2/c31-23(21-7-13-28(14-8-21)19-20-6-12-26-27-18-20)29-15-9-25(10-16-29)11-17-30(24(25)32)22-4-2-1-3-5-22/h1-6,12,18,21H,7-11,13-17,19H2. The minimum absolute atomic E-state index is 0.107. The Kier molecular flexibility index (Phi) is 5.91. The Labute approximate surface area is 189 Å². The summed E-state index contributed by atoms with van der Waals surface area (Å²) < 4.78 is 0. The van der Waals surface area contributed by atoms with E-state index in [0.29, 0.717) is 13.1 Å². The number of carbonyl (C=O) groups excluding carboxylic acids is 2. The first kappa shape index (κ1) is 21.1. The molecule has 0 bridgehead atoms. The lowest BCUT2D eigenvalue weighted by Crippen LogP contribution is -2.49. The molecule has 0 radical (unpaired) electrons. The quantitative estimate of drug-likeness (QED) is 0.742. The molecule has 7 nitrogen and oxygen atoms in total. The highest BCUT2D eigenvalue weighted by Gasteiger charge is 2.49. The van der Waals surface area contributed by atoms with Crippen molar-refractivity contribution >= 4 is 17.5 Å². The van der Waals surface area contributed by atoms with E-state index in [4.69, 9.17) is 0 Å². The number of piperidine rings is 2. The van der Waals surface area contributed by atoms with Gasteiger partial charge in [-0.05, 0) is 69.0 Å². The molecule has 1 spiro atoms. The molecule has 7 heteroatoms. The molecule has 0 saturated carbocycles. The van der Waals surface area contributed by atoms with E-state index < -0.39 is 0 Å². The number of benzene rings is 1. The smallest absolute Gasteiger partial charge is 0.233 e. The van der Waals surface area contributed by atoms with Crippen molar-refractivity contribution in [3.8, 4) is 0 Å². The molecule has 1 aromatic carbocycles. The minimum atomic E-state index is -0.283. The monoisotopic (exact) mass is 433 g/mol. The van der Waals surface area contributed by atoms with Gasteiger partial charge in [0, 0.05) is 44.0 Å². The van der Waals surface area contributed by atoms with Crippen molar-refractivity contribution in [2.45, 2.75) is 38.6 Å². The Morgan fingerprint density at radius 2 is 1.66 bits per heavy atom. The molecule has 2 aromatic rings. The van der Waals surface area contributed by atoms with Gasteiger partial charge >= 0.3 is 0 Å². The van der Waals surface area contributed by atoms with Crippen molar-refractivity contribution in [3.05, 3.63) is 54.4 Å². The van der Waals surface area contributed by atoms with Gasteiger partial charge in [0.15, 0.2) is 0 Å². The molecule has 32 heavy (non-hydrogen) atoms. The van der Waals surface area contributed by atoms with Crippen LogP contribution in [-0.4, -0.2) is 64.5 Å². The van der Waals surface area contributed by atoms with Crippen molar-refractivity contribution < 1.29 is 9.59 Å². The molecule has 0 N–H and O–H groups in total. The lowest BCUT2D eigenvalue weighted by Gasteiger charge is -2.40. The molecule has 5 rings (SSSR count). The third-order valence-corrected chi connectivity index (χ3v) is 7.60. The maximum Gasteiger partial charge on any atom is 0.233 e. The van der Waals surface area contributed by atoms with Gasteiger partial charge in [0.2, 0.25) is 11.8 Å². The van der Waals surface area contributed by atoms with Gasteiger partial charge in [-0.1, -0.05) is 18.2 Å². The third-order valence-electron chi connectivity index (χ3n) is 7.60. The number of amides is 2. The summed E-state index contributed by atoms with van der Waals surface area (Å²) in [7, 11) is 0. The fourth-order valence-electron chi connectivity index (χ4n) is 5.56. The Bertz CT molecular complexity index is 935. The minimum Gasteiger partial charge on any atom is -0.342 e. The van der Waals surface area contributed by atoms with E-state index in [2.05, 4.69) is 15.1 Å². The highest BCUT2D eigenvalue weighted by molar-refractivity contribution is 6.00. The highest BCUT2D eigenvalue weighted by Crippen LogP contribution is 2.43. The Morgan fingerprint density at radius 1 is 0.938 bits per heavy atom. The highest BCUT2D eigenvalue weighted by atomic mass is 16.2. The van der Waals surface area contributed by atoms with Crippen LogP contribution in [0.25, 0.3) is 0 Å². The predicted octanol–water partition coefficient (Wildman–Crippen LogP) is 2.73. The van der Waals surface area contributed by atoms with Crippen LogP contribution in [0.1, 0.15) is 37.7 Å². The van der Waals surface area contributed by atoms with Crippen LogP contribution < -0.4 is 4.90 Å². The van der Waals surface area contributed by atoms with Crippen LogP contribution in [0, 0.1) is 11.3 Å². The number of hydrogen-bond donors (Lipinski definition) is 0. The average Bonchev–Trinajstić information content (AvgIpc) is 3.16. The number of nitrogens with zero attached hydrogens (tertiary/aromatic N) is 5. The molecule has 0 aliphatic carbocycles. The summed E-state index contributed by atoms with van der Waals surface area (Å²) in [5.41, 5.74) is 1.87. The Balaban J connectivity index is 1.13. The van der Waals surface area contributed by atoms with E-state index in [1.54, 1.807) is 6.20 Å². The van der Waals surface area contributed by atoms with Crippen LogP contribution in [0.15, 0.2) is 48.8 Å². The number of para-hydroxylation sites is 1. The molecule has 168 valence electrons. The van der Waals surface area contributed by atoms with E-state index in [0.717, 1.165) is 69.5 Å². The first-order valence-corrected chi connectivity index (χ1v) is 11.8. The van der Waals surface area contributed by atoms with Crippen LogP contribution >= 0.6 is 0 Å². The molecule has 3 saturated heterocycles. The third kappa shape index (κ3) is 4.13. The van der Waals surface area contributed by atoms with E-state index in [-0.39, 0.29) is 23.1 Å². The summed E-state index contributed by atoms with van der Waals surface area (Å²) >= 11 is 0. The molecule has 0 unspecified atom stereocenters. The summed E-state index contributed by atoms with van der Waals surface area (Å²) in [6, 6.07) is 11.9. The molecule has 3 aliphatic heterocycles. The van der Waals surface area contributed by atoms with Gasteiger partial charge in [0.1, 0.15) is 0 Å². The molecule has 0 atom stereocenters. The predicted molar refractivity (Wildman–Crippen MR) is 122 cm³/mol. The molecule has 4 heterocycles. The van der Waals surface area contributed by atoms with E-state index in [9.17, 15) is 9.59 Å². The van der Waals surface area contributed by atoms with E-state index in [1.807, 2.05) is 52.4 Å². The van der Waals surface area contributed by atoms with Gasteiger partial charge in [-0.2, -0.15) is 10.2 Å². The molecule has 2 amide bonds. The van der Waals surface area contributed by atoms with Crippen molar-refractivity contribution in [1.29, 1.82) is 0 Å². The van der Waals surface area contributed by atoms with E-state index >= 15 is 0 Å². The average molecular weight is 434 g/mol. The van der Waals surface area contributed by atoms with Crippen molar-refractivity contribution in [2.75, 3.05) is 37.6 Å². The number of carbonyl (C=O) groups is 2. The molecular formula is C25H31N5O2. The largest absolute Gasteiger partial charge is 0.342 e. The zero-order valence-corrected chi connectivity index (χ0v) is 18.5. The van der Waals surface area contributed by atoms with Gasteiger partial charge in [0.05, 0.1) is 11.6 Å². The van der Waals surface area contributed by atoms with Gasteiger partial charge < -0.3 is 9.80 Å². The van der Waals surface area contributed by atoms with Crippen LogP contribution in [0.4, 0.5) is 5.69 Å². The SMILES string of the molecule is O=C(C1CCN(Cc2ccnnc2)CC1)N1CCC2(CC1)CCN(c1ccccc1)C2=O. The number of anilines is 1. The molecule has 3 aliphatic rings. The second kappa shape index (κ2) is 8.98.